The quantitative estimate of drug-likeness (QED) is 0.750. The summed E-state index contributed by atoms with van der Waals surface area (Å²) in [5, 5.41) is 5.60. The maximum Gasteiger partial charge on any atom is 0.274 e. The third kappa shape index (κ3) is 5.51. The summed E-state index contributed by atoms with van der Waals surface area (Å²) in [5.41, 5.74) is 1.01. The molecule has 1 saturated heterocycles. The van der Waals surface area contributed by atoms with Crippen LogP contribution in [0.2, 0.25) is 0 Å². The SMILES string of the molecule is COc1ccc(NC(=O)c2cccc(C(=O)NCCN3CCOCC3)n2)cc1. The molecule has 2 aromatic rings. The standard InChI is InChI=1S/C20H24N4O4/c1-27-16-7-5-15(6-8-16)22-20(26)18-4-2-3-17(23-18)19(25)21-9-10-24-11-13-28-14-12-24/h2-8H,9-14H2,1H3,(H,21,25)(H,22,26). The van der Waals surface area contributed by atoms with Gasteiger partial charge in [-0.1, -0.05) is 6.07 Å². The van der Waals surface area contributed by atoms with E-state index in [2.05, 4.69) is 20.5 Å². The van der Waals surface area contributed by atoms with Crippen molar-refractivity contribution in [2.75, 3.05) is 51.8 Å². The second-order valence-electron chi connectivity index (χ2n) is 6.30. The molecule has 0 unspecified atom stereocenters. The van der Waals surface area contributed by atoms with E-state index in [-0.39, 0.29) is 23.2 Å². The van der Waals surface area contributed by atoms with Gasteiger partial charge >= 0.3 is 0 Å². The lowest BCUT2D eigenvalue weighted by Crippen LogP contribution is -2.41. The molecule has 0 spiro atoms. The van der Waals surface area contributed by atoms with Crippen LogP contribution in [0, 0.1) is 0 Å². The van der Waals surface area contributed by atoms with Gasteiger partial charge < -0.3 is 20.1 Å². The van der Waals surface area contributed by atoms with Crippen LogP contribution >= 0.6 is 0 Å². The molecule has 8 heteroatoms. The highest BCUT2D eigenvalue weighted by Crippen LogP contribution is 2.15. The average Bonchev–Trinajstić information content (AvgIpc) is 2.75. The third-order valence-corrected chi connectivity index (χ3v) is 4.38. The number of ether oxygens (including phenoxy) is 2. The van der Waals surface area contributed by atoms with Gasteiger partial charge in [-0.25, -0.2) is 4.98 Å². The van der Waals surface area contributed by atoms with Crippen LogP contribution in [0.1, 0.15) is 21.0 Å². The number of amides is 2. The molecule has 2 N–H and O–H groups in total. The molecule has 8 nitrogen and oxygen atoms in total. The van der Waals surface area contributed by atoms with Gasteiger partial charge in [-0.3, -0.25) is 14.5 Å². The van der Waals surface area contributed by atoms with Crippen LogP contribution in [0.15, 0.2) is 42.5 Å². The second-order valence-corrected chi connectivity index (χ2v) is 6.30. The van der Waals surface area contributed by atoms with Crippen molar-refractivity contribution >= 4 is 17.5 Å². The molecule has 2 heterocycles. The number of rotatable bonds is 7. The van der Waals surface area contributed by atoms with E-state index in [1.54, 1.807) is 49.6 Å². The molecule has 28 heavy (non-hydrogen) atoms. The van der Waals surface area contributed by atoms with Gasteiger partial charge in [0.2, 0.25) is 0 Å². The van der Waals surface area contributed by atoms with Crippen LogP contribution in [0.25, 0.3) is 0 Å². The van der Waals surface area contributed by atoms with Gasteiger partial charge in [0, 0.05) is 31.9 Å². The van der Waals surface area contributed by atoms with Gasteiger partial charge in [0.15, 0.2) is 0 Å². The number of nitrogens with one attached hydrogen (secondary N) is 2. The number of nitrogens with zero attached hydrogens (tertiary/aromatic N) is 2. The minimum absolute atomic E-state index is 0.177. The Morgan fingerprint density at radius 3 is 2.43 bits per heavy atom. The Balaban J connectivity index is 1.54. The molecule has 1 aliphatic rings. The first kappa shape index (κ1) is 19.8. The molecule has 1 aromatic heterocycles. The summed E-state index contributed by atoms with van der Waals surface area (Å²) in [4.78, 5) is 31.2. The highest BCUT2D eigenvalue weighted by Gasteiger charge is 2.14. The van der Waals surface area contributed by atoms with Crippen LogP contribution in [0.4, 0.5) is 5.69 Å². The number of carbonyl (C=O) groups is 2. The van der Waals surface area contributed by atoms with Gasteiger partial charge in [0.05, 0.1) is 20.3 Å². The number of anilines is 1. The van der Waals surface area contributed by atoms with Crippen molar-refractivity contribution in [2.45, 2.75) is 0 Å². The number of pyridine rings is 1. The maximum absolute atomic E-state index is 12.4. The molecule has 0 aliphatic carbocycles. The number of methoxy groups -OCH3 is 1. The number of morpholine rings is 1. The summed E-state index contributed by atoms with van der Waals surface area (Å²) in [6, 6.07) is 11.8. The largest absolute Gasteiger partial charge is 0.497 e. The van der Waals surface area contributed by atoms with E-state index in [9.17, 15) is 9.59 Å². The number of benzene rings is 1. The topological polar surface area (TPSA) is 92.8 Å². The minimum Gasteiger partial charge on any atom is -0.497 e. The summed E-state index contributed by atoms with van der Waals surface area (Å²) in [6.07, 6.45) is 0. The van der Waals surface area contributed by atoms with Gasteiger partial charge in [-0.2, -0.15) is 0 Å². The van der Waals surface area contributed by atoms with Gasteiger partial charge in [0.25, 0.3) is 11.8 Å². The zero-order chi connectivity index (χ0) is 19.8. The maximum atomic E-state index is 12.4. The predicted octanol–water partition coefficient (Wildman–Crippen LogP) is 1.40. The molecule has 0 atom stereocenters. The van der Waals surface area contributed by atoms with E-state index < -0.39 is 0 Å². The van der Waals surface area contributed by atoms with E-state index in [0.29, 0.717) is 18.0 Å². The van der Waals surface area contributed by atoms with Crippen molar-refractivity contribution in [1.29, 1.82) is 0 Å². The van der Waals surface area contributed by atoms with Crippen molar-refractivity contribution in [1.82, 2.24) is 15.2 Å². The Hall–Kier alpha value is -2.97. The molecule has 1 aromatic carbocycles. The Labute approximate surface area is 163 Å². The fourth-order valence-corrected chi connectivity index (χ4v) is 2.80. The minimum atomic E-state index is -0.381. The van der Waals surface area contributed by atoms with E-state index >= 15 is 0 Å². The average molecular weight is 384 g/mol. The molecule has 0 saturated carbocycles. The highest BCUT2D eigenvalue weighted by atomic mass is 16.5. The summed E-state index contributed by atoms with van der Waals surface area (Å²) >= 11 is 0. The van der Waals surface area contributed by atoms with Gasteiger partial charge in [0.1, 0.15) is 17.1 Å². The Morgan fingerprint density at radius 1 is 1.07 bits per heavy atom. The summed E-state index contributed by atoms with van der Waals surface area (Å²) in [7, 11) is 1.58. The predicted molar refractivity (Wildman–Crippen MR) is 105 cm³/mol. The van der Waals surface area contributed by atoms with E-state index in [1.165, 1.54) is 0 Å². The molecule has 0 bridgehead atoms. The molecule has 148 valence electrons. The van der Waals surface area contributed by atoms with Crippen molar-refractivity contribution in [3.8, 4) is 5.75 Å². The number of aromatic nitrogens is 1. The lowest BCUT2D eigenvalue weighted by molar-refractivity contribution is 0.0383. The van der Waals surface area contributed by atoms with Crippen molar-refractivity contribution < 1.29 is 19.1 Å². The van der Waals surface area contributed by atoms with E-state index in [1.807, 2.05) is 0 Å². The number of hydrogen-bond acceptors (Lipinski definition) is 6. The third-order valence-electron chi connectivity index (χ3n) is 4.38. The molecular weight excluding hydrogens is 360 g/mol. The molecule has 1 aliphatic heterocycles. The van der Waals surface area contributed by atoms with Crippen molar-refractivity contribution in [3.63, 3.8) is 0 Å². The summed E-state index contributed by atoms with van der Waals surface area (Å²) in [6.45, 7) is 4.46. The van der Waals surface area contributed by atoms with E-state index in [0.717, 1.165) is 32.8 Å². The first-order valence-electron chi connectivity index (χ1n) is 9.16. The first-order valence-corrected chi connectivity index (χ1v) is 9.16. The number of hydrogen-bond donors (Lipinski definition) is 2. The van der Waals surface area contributed by atoms with Crippen molar-refractivity contribution in [3.05, 3.63) is 53.9 Å². The smallest absolute Gasteiger partial charge is 0.274 e. The van der Waals surface area contributed by atoms with E-state index in [4.69, 9.17) is 9.47 Å². The van der Waals surface area contributed by atoms with Crippen molar-refractivity contribution in [2.24, 2.45) is 0 Å². The van der Waals surface area contributed by atoms with Gasteiger partial charge in [-0.15, -0.1) is 0 Å². The Morgan fingerprint density at radius 2 is 1.75 bits per heavy atom. The van der Waals surface area contributed by atoms with Crippen LogP contribution in [0.5, 0.6) is 5.75 Å². The fourth-order valence-electron chi connectivity index (χ4n) is 2.80. The van der Waals surface area contributed by atoms with Crippen LogP contribution in [0.3, 0.4) is 0 Å². The monoisotopic (exact) mass is 384 g/mol. The fraction of sp³-hybridized carbons (Fsp3) is 0.350. The van der Waals surface area contributed by atoms with Crippen LogP contribution in [-0.2, 0) is 4.74 Å². The lowest BCUT2D eigenvalue weighted by Gasteiger charge is -2.26. The normalized spacial score (nSPS) is 14.3. The summed E-state index contributed by atoms with van der Waals surface area (Å²) in [5.74, 6) is 0.0207. The first-order chi connectivity index (χ1) is 13.7. The second kappa shape index (κ2) is 9.82. The lowest BCUT2D eigenvalue weighted by atomic mass is 10.2. The van der Waals surface area contributed by atoms with Crippen LogP contribution in [-0.4, -0.2) is 68.2 Å². The highest BCUT2D eigenvalue weighted by molar-refractivity contribution is 6.03. The Bertz CT molecular complexity index is 804. The summed E-state index contributed by atoms with van der Waals surface area (Å²) < 4.78 is 10.4. The zero-order valence-electron chi connectivity index (χ0n) is 15.8. The molecule has 3 rings (SSSR count). The number of carbonyl (C=O) groups excluding carboxylic acids is 2. The Kier molecular flexibility index (Phi) is 6.94. The molecular formula is C20H24N4O4. The molecule has 0 radical (unpaired) electrons. The molecule has 2 amide bonds. The zero-order valence-corrected chi connectivity index (χ0v) is 15.8. The van der Waals surface area contributed by atoms with Crippen LogP contribution < -0.4 is 15.4 Å². The van der Waals surface area contributed by atoms with Gasteiger partial charge in [-0.05, 0) is 36.4 Å². The molecule has 1 fully saturated rings.